The maximum absolute atomic E-state index is 14.7. The van der Waals surface area contributed by atoms with E-state index in [9.17, 15) is 27.2 Å². The van der Waals surface area contributed by atoms with Crippen LogP contribution in [0, 0.1) is 5.82 Å². The van der Waals surface area contributed by atoms with E-state index in [1.54, 1.807) is 42.5 Å². The Morgan fingerprint density at radius 3 is 2.57 bits per heavy atom. The summed E-state index contributed by atoms with van der Waals surface area (Å²) in [6.45, 7) is -0.0164. The average Bonchev–Trinajstić information content (AvgIpc) is 3.09. The number of nitrogens with one attached hydrogen (secondary N) is 2. The highest BCUT2D eigenvalue weighted by Gasteiger charge is 2.35. The fourth-order valence-corrected chi connectivity index (χ4v) is 6.55. The van der Waals surface area contributed by atoms with Gasteiger partial charge >= 0.3 is 0 Å². The van der Waals surface area contributed by atoms with Gasteiger partial charge in [-0.15, -0.1) is 0 Å². The summed E-state index contributed by atoms with van der Waals surface area (Å²) in [6.07, 6.45) is 0.659. The number of ether oxygens (including phenoxy) is 3. The van der Waals surface area contributed by atoms with Gasteiger partial charge in [-0.3, -0.25) is 14.4 Å². The Kier molecular flexibility index (Phi) is 9.54. The quantitative estimate of drug-likeness (QED) is 0.330. The molecule has 0 aromatic heterocycles. The largest absolute Gasteiger partial charge is 0.496 e. The van der Waals surface area contributed by atoms with Crippen molar-refractivity contribution in [1.82, 2.24) is 15.5 Å². The zero-order valence-corrected chi connectivity index (χ0v) is 27.6. The first-order valence-electron chi connectivity index (χ1n) is 15.5. The molecule has 0 spiro atoms. The van der Waals surface area contributed by atoms with Crippen LogP contribution in [0.1, 0.15) is 32.7 Å². The number of carbonyl (C=O) groups is 3. The van der Waals surface area contributed by atoms with Crippen molar-refractivity contribution in [3.63, 3.8) is 0 Å². The third-order valence-corrected chi connectivity index (χ3v) is 9.46. The molecule has 0 unspecified atom stereocenters. The molecular formula is C36H34FN3O8S. The van der Waals surface area contributed by atoms with E-state index in [2.05, 4.69) is 10.6 Å². The molecule has 1 saturated heterocycles. The Bertz CT molecular complexity index is 2040. The van der Waals surface area contributed by atoms with Crippen molar-refractivity contribution in [3.8, 4) is 28.4 Å². The molecule has 4 aromatic rings. The van der Waals surface area contributed by atoms with Crippen molar-refractivity contribution in [2.75, 3.05) is 33.1 Å². The van der Waals surface area contributed by atoms with Crippen molar-refractivity contribution in [1.29, 1.82) is 0 Å². The molecule has 3 amide bonds. The smallest absolute Gasteiger partial charge is 0.258 e. The lowest BCUT2D eigenvalue weighted by Gasteiger charge is -2.39. The lowest BCUT2D eigenvalue weighted by molar-refractivity contribution is -0.123. The molecule has 11 nitrogen and oxygen atoms in total. The number of nitrogens with zero attached hydrogens (tertiary/aromatic N) is 1. The lowest BCUT2D eigenvalue weighted by Crippen LogP contribution is -2.58. The average molecular weight is 688 g/mol. The third kappa shape index (κ3) is 7.83. The van der Waals surface area contributed by atoms with Crippen LogP contribution in [0.5, 0.6) is 17.2 Å². The zero-order valence-electron chi connectivity index (χ0n) is 26.8. The molecule has 1 fully saturated rings. The van der Waals surface area contributed by atoms with E-state index in [-0.39, 0.29) is 48.9 Å². The summed E-state index contributed by atoms with van der Waals surface area (Å²) in [7, 11) is -2.03. The van der Waals surface area contributed by atoms with Crippen molar-refractivity contribution < 1.29 is 41.4 Å². The summed E-state index contributed by atoms with van der Waals surface area (Å²) >= 11 is 0. The van der Waals surface area contributed by atoms with E-state index in [0.29, 0.717) is 33.8 Å². The van der Waals surface area contributed by atoms with Crippen molar-refractivity contribution >= 4 is 27.6 Å². The Morgan fingerprint density at radius 1 is 0.959 bits per heavy atom. The molecule has 2 atom stereocenters. The summed E-state index contributed by atoms with van der Waals surface area (Å²) < 4.78 is 56.6. The summed E-state index contributed by atoms with van der Waals surface area (Å²) in [4.78, 5) is 41.7. The van der Waals surface area contributed by atoms with Crippen LogP contribution >= 0.6 is 0 Å². The molecule has 2 aliphatic heterocycles. The van der Waals surface area contributed by atoms with E-state index >= 15 is 0 Å². The van der Waals surface area contributed by atoms with E-state index in [1.807, 2.05) is 6.07 Å². The Morgan fingerprint density at radius 2 is 1.78 bits per heavy atom. The molecule has 2 heterocycles. The monoisotopic (exact) mass is 687 g/mol. The minimum Gasteiger partial charge on any atom is -0.496 e. The van der Waals surface area contributed by atoms with Crippen LogP contribution < -0.4 is 24.8 Å². The topological polar surface area (TPSA) is 140 Å². The maximum Gasteiger partial charge on any atom is 0.258 e. The summed E-state index contributed by atoms with van der Waals surface area (Å²) in [6, 6.07) is 21.1. The van der Waals surface area contributed by atoms with Crippen LogP contribution in [0.2, 0.25) is 0 Å². The van der Waals surface area contributed by atoms with Gasteiger partial charge < -0.3 is 29.7 Å². The number of likely N-dealkylation sites (tertiary alicyclic amines) is 1. The SMILES string of the molecule is COc1ccc2cc1-c1cccc(c1)OCC(=O)NCc1cc(F)cc(c1)O[C@@H]1CCN(C(=O)c3cccc(S(C)(=O)=O)c3)C[C@H]1NC2=O. The number of hydrogen-bond acceptors (Lipinski definition) is 8. The van der Waals surface area contributed by atoms with E-state index in [0.717, 1.165) is 6.26 Å². The lowest BCUT2D eigenvalue weighted by atomic mass is 9.98. The molecule has 6 bridgehead atoms. The summed E-state index contributed by atoms with van der Waals surface area (Å²) in [5.74, 6) is -0.742. The van der Waals surface area contributed by atoms with E-state index < -0.39 is 45.5 Å². The third-order valence-electron chi connectivity index (χ3n) is 8.35. The fraction of sp³-hybridized carbons (Fsp3) is 0.250. The predicted octanol–water partition coefficient (Wildman–Crippen LogP) is 4.01. The molecule has 49 heavy (non-hydrogen) atoms. The standard InChI is InChI=1S/C36H34FN3O8S/c1-46-32-10-9-24-17-30(32)23-5-3-7-27(15-23)47-21-34(41)38-19-22-13-26(37)18-28(14-22)48-33-11-12-40(20-31(33)39-35(24)42)36(43)25-6-4-8-29(16-25)49(2,44)45/h3-10,13-18,31,33H,11-12,19-21H2,1-2H3,(H,38,41)(H,39,42)/t31-,33-/m1/s1. The second kappa shape index (κ2) is 14.0. The molecule has 6 rings (SSSR count). The second-order valence-electron chi connectivity index (χ2n) is 11.9. The van der Waals surface area contributed by atoms with Gasteiger partial charge in [-0.25, -0.2) is 12.8 Å². The molecule has 0 saturated carbocycles. The van der Waals surface area contributed by atoms with Crippen molar-refractivity contribution in [3.05, 3.63) is 107 Å². The predicted molar refractivity (Wildman–Crippen MR) is 178 cm³/mol. The van der Waals surface area contributed by atoms with Crippen LogP contribution in [0.4, 0.5) is 4.39 Å². The van der Waals surface area contributed by atoms with Gasteiger partial charge in [-0.2, -0.15) is 0 Å². The van der Waals surface area contributed by atoms with Gasteiger partial charge in [0.15, 0.2) is 16.4 Å². The van der Waals surface area contributed by atoms with Crippen molar-refractivity contribution in [2.24, 2.45) is 0 Å². The number of rotatable bonds is 3. The molecule has 2 N–H and O–H groups in total. The number of fused-ring (bicyclic) bond motifs is 8. The molecule has 0 aliphatic carbocycles. The van der Waals surface area contributed by atoms with Crippen LogP contribution in [0.3, 0.4) is 0 Å². The Labute approximate surface area is 282 Å². The number of benzene rings is 4. The summed E-state index contributed by atoms with van der Waals surface area (Å²) in [5, 5.41) is 5.74. The molecule has 4 aromatic carbocycles. The van der Waals surface area contributed by atoms with Gasteiger partial charge in [-0.1, -0.05) is 18.2 Å². The van der Waals surface area contributed by atoms with Crippen LogP contribution in [-0.4, -0.2) is 76.2 Å². The number of piperidine rings is 1. The highest BCUT2D eigenvalue weighted by molar-refractivity contribution is 7.90. The number of hydrogen-bond donors (Lipinski definition) is 2. The Hall–Kier alpha value is -5.43. The van der Waals surface area contributed by atoms with Gasteiger partial charge in [0.1, 0.15) is 29.2 Å². The normalized spacial score (nSPS) is 18.2. The van der Waals surface area contributed by atoms with Gasteiger partial charge in [0.05, 0.1) is 18.0 Å². The maximum atomic E-state index is 14.7. The van der Waals surface area contributed by atoms with Gasteiger partial charge in [0.2, 0.25) is 0 Å². The summed E-state index contributed by atoms with van der Waals surface area (Å²) in [5.41, 5.74) is 2.22. The van der Waals surface area contributed by atoms with Crippen LogP contribution in [-0.2, 0) is 21.2 Å². The number of carbonyl (C=O) groups excluding carboxylic acids is 3. The van der Waals surface area contributed by atoms with Gasteiger partial charge in [0, 0.05) is 55.1 Å². The van der Waals surface area contributed by atoms with Crippen LogP contribution in [0.25, 0.3) is 11.1 Å². The minimum atomic E-state index is -3.55. The molecule has 254 valence electrons. The Balaban J connectivity index is 1.36. The molecule has 2 aliphatic rings. The number of amides is 3. The fourth-order valence-electron chi connectivity index (χ4n) is 5.88. The molecular weight excluding hydrogens is 653 g/mol. The second-order valence-corrected chi connectivity index (χ2v) is 13.9. The minimum absolute atomic E-state index is 0.0129. The molecule has 0 radical (unpaired) electrons. The van der Waals surface area contributed by atoms with Gasteiger partial charge in [-0.05, 0) is 71.8 Å². The first kappa shape index (κ1) is 33.5. The first-order valence-corrected chi connectivity index (χ1v) is 17.4. The van der Waals surface area contributed by atoms with E-state index in [1.165, 1.54) is 48.4 Å². The number of methoxy groups -OCH3 is 1. The first-order chi connectivity index (χ1) is 23.5. The number of halogens is 1. The number of sulfone groups is 1. The zero-order chi connectivity index (χ0) is 34.7. The van der Waals surface area contributed by atoms with Gasteiger partial charge in [0.25, 0.3) is 17.7 Å². The highest BCUT2D eigenvalue weighted by Crippen LogP contribution is 2.33. The molecule has 13 heteroatoms. The van der Waals surface area contributed by atoms with Crippen molar-refractivity contribution in [2.45, 2.75) is 30.0 Å². The van der Waals surface area contributed by atoms with E-state index in [4.69, 9.17) is 14.2 Å². The highest BCUT2D eigenvalue weighted by atomic mass is 32.2. The van der Waals surface area contributed by atoms with Crippen LogP contribution in [0.15, 0.2) is 89.8 Å².